The van der Waals surface area contributed by atoms with E-state index in [0.29, 0.717) is 25.2 Å². The van der Waals surface area contributed by atoms with Crippen LogP contribution in [0.2, 0.25) is 0 Å². The van der Waals surface area contributed by atoms with Crippen molar-refractivity contribution in [2.45, 2.75) is 58.2 Å². The fourth-order valence-corrected chi connectivity index (χ4v) is 3.12. The summed E-state index contributed by atoms with van der Waals surface area (Å²) in [5.74, 6) is -0.315. The maximum atomic E-state index is 12.1. The number of rotatable bonds is 7. The van der Waals surface area contributed by atoms with Gasteiger partial charge in [0.1, 0.15) is 6.61 Å². The summed E-state index contributed by atoms with van der Waals surface area (Å²) >= 11 is 0. The normalized spacial score (nSPS) is 21.2. The lowest BCUT2D eigenvalue weighted by atomic mass is 10.0. The molecule has 0 spiro atoms. The number of piperidine rings is 1. The Balaban J connectivity index is 1.62. The molecule has 2 atom stereocenters. The fourth-order valence-electron chi connectivity index (χ4n) is 3.12. The van der Waals surface area contributed by atoms with E-state index in [0.717, 1.165) is 18.4 Å². The van der Waals surface area contributed by atoms with Crippen molar-refractivity contribution in [2.75, 3.05) is 13.1 Å². The van der Waals surface area contributed by atoms with Gasteiger partial charge in [-0.05, 0) is 32.3 Å². The lowest BCUT2D eigenvalue weighted by molar-refractivity contribution is -0.144. The van der Waals surface area contributed by atoms with E-state index in [1.54, 1.807) is 0 Å². The zero-order valence-corrected chi connectivity index (χ0v) is 14.7. The Morgan fingerprint density at radius 2 is 1.83 bits per heavy atom. The van der Waals surface area contributed by atoms with Gasteiger partial charge in [0.05, 0.1) is 13.0 Å². The minimum absolute atomic E-state index is 0.0218. The monoisotopic (exact) mass is 333 g/mol. The number of esters is 1. The topological polar surface area (TPSA) is 58.6 Å². The van der Waals surface area contributed by atoms with Crippen molar-refractivity contribution in [3.05, 3.63) is 35.9 Å². The lowest BCUT2D eigenvalue weighted by Gasteiger charge is -2.38. The van der Waals surface area contributed by atoms with Crippen LogP contribution in [-0.4, -0.2) is 41.9 Å². The molecular formula is C19H28N2O3. The molecule has 5 heteroatoms. The largest absolute Gasteiger partial charge is 0.461 e. The zero-order valence-electron chi connectivity index (χ0n) is 14.7. The van der Waals surface area contributed by atoms with Gasteiger partial charge in [0.2, 0.25) is 5.91 Å². The van der Waals surface area contributed by atoms with Gasteiger partial charge in [-0.1, -0.05) is 36.8 Å². The van der Waals surface area contributed by atoms with Gasteiger partial charge in [-0.3, -0.25) is 14.5 Å². The highest BCUT2D eigenvalue weighted by molar-refractivity contribution is 5.79. The quantitative estimate of drug-likeness (QED) is 0.615. The molecule has 2 rings (SSSR count). The first-order valence-electron chi connectivity index (χ1n) is 8.78. The summed E-state index contributed by atoms with van der Waals surface area (Å²) in [5.41, 5.74) is 0.961. The number of likely N-dealkylation sites (tertiary alicyclic amines) is 1. The molecule has 0 radical (unpaired) electrons. The molecule has 132 valence electrons. The molecule has 1 heterocycles. The third-order valence-corrected chi connectivity index (χ3v) is 4.60. The second-order valence-corrected chi connectivity index (χ2v) is 6.55. The van der Waals surface area contributed by atoms with Crippen molar-refractivity contribution in [1.29, 1.82) is 0 Å². The van der Waals surface area contributed by atoms with Crippen LogP contribution in [0.4, 0.5) is 0 Å². The van der Waals surface area contributed by atoms with Crippen LogP contribution in [0, 0.1) is 0 Å². The molecule has 1 fully saturated rings. The standard InChI is InChI=1S/C19H28N2O3/c1-15-7-6-8-16(2)21(15)13-18(22)20-12-11-19(23)24-14-17-9-4-3-5-10-17/h3-5,9-10,15-16H,6-8,11-14H2,1-2H3,(H,20,22)/i21+1. The Morgan fingerprint density at radius 1 is 1.17 bits per heavy atom. The molecule has 1 aromatic carbocycles. The first kappa shape index (κ1) is 18.5. The predicted molar refractivity (Wildman–Crippen MR) is 93.3 cm³/mol. The van der Waals surface area contributed by atoms with Crippen molar-refractivity contribution in [3.63, 3.8) is 0 Å². The van der Waals surface area contributed by atoms with Crippen LogP contribution in [0.1, 0.15) is 45.1 Å². The number of amides is 1. The average molecular weight is 333 g/mol. The third kappa shape index (κ3) is 5.96. The van der Waals surface area contributed by atoms with Gasteiger partial charge in [-0.2, -0.15) is 0 Å². The summed E-state index contributed by atoms with van der Waals surface area (Å²) < 4.78 is 5.19. The van der Waals surface area contributed by atoms with Crippen LogP contribution in [0.3, 0.4) is 0 Å². The van der Waals surface area contributed by atoms with Gasteiger partial charge in [0.15, 0.2) is 0 Å². The summed E-state index contributed by atoms with van der Waals surface area (Å²) in [7, 11) is 0. The lowest BCUT2D eigenvalue weighted by Crippen LogP contribution is -2.48. The minimum atomic E-state index is -0.293. The Morgan fingerprint density at radius 3 is 2.50 bits per heavy atom. The summed E-state index contributed by atoms with van der Waals surface area (Å²) in [5, 5.41) is 2.82. The van der Waals surface area contributed by atoms with Crippen molar-refractivity contribution < 1.29 is 14.3 Å². The maximum absolute atomic E-state index is 12.1. The molecule has 1 aliphatic rings. The van der Waals surface area contributed by atoms with Crippen LogP contribution in [0.5, 0.6) is 0 Å². The SMILES string of the molecule is CC1CCCC(C)[15N]1CC(=O)NCCC(=O)OCc1ccccc1. The number of ether oxygens (including phenoxy) is 1. The molecule has 1 N–H and O–H groups in total. The number of carbonyl (C=O) groups excluding carboxylic acids is 2. The van der Waals surface area contributed by atoms with Crippen LogP contribution in [0.25, 0.3) is 0 Å². The molecule has 0 aromatic heterocycles. The highest BCUT2D eigenvalue weighted by Gasteiger charge is 2.26. The van der Waals surface area contributed by atoms with Crippen LogP contribution >= 0.6 is 0 Å². The Kier molecular flexibility index (Phi) is 7.25. The zero-order chi connectivity index (χ0) is 17.4. The van der Waals surface area contributed by atoms with Gasteiger partial charge >= 0.3 is 5.97 Å². The molecule has 1 aromatic rings. The van der Waals surface area contributed by atoms with Gasteiger partial charge in [-0.25, -0.2) is 0 Å². The second-order valence-electron chi connectivity index (χ2n) is 6.55. The summed E-state index contributed by atoms with van der Waals surface area (Å²) in [6.07, 6.45) is 3.71. The van der Waals surface area contributed by atoms with E-state index >= 15 is 0 Å². The molecule has 1 amide bonds. The van der Waals surface area contributed by atoms with Gasteiger partial charge in [0, 0.05) is 18.6 Å². The molecular weight excluding hydrogens is 305 g/mol. The molecule has 5 nitrogen and oxygen atoms in total. The van der Waals surface area contributed by atoms with Crippen molar-refractivity contribution in [1.82, 2.24) is 10.2 Å². The minimum Gasteiger partial charge on any atom is -0.461 e. The van der Waals surface area contributed by atoms with Gasteiger partial charge in [-0.15, -0.1) is 0 Å². The van der Waals surface area contributed by atoms with E-state index in [1.807, 2.05) is 30.3 Å². The summed E-state index contributed by atoms with van der Waals surface area (Å²) in [6.45, 7) is 5.34. The van der Waals surface area contributed by atoms with Crippen LogP contribution in [0.15, 0.2) is 30.3 Å². The van der Waals surface area contributed by atoms with Gasteiger partial charge < -0.3 is 10.1 Å². The van der Waals surface area contributed by atoms with Crippen molar-refractivity contribution >= 4 is 11.9 Å². The number of carbonyl (C=O) groups is 2. The van der Waals surface area contributed by atoms with Crippen LogP contribution < -0.4 is 5.32 Å². The van der Waals surface area contributed by atoms with Crippen LogP contribution in [-0.2, 0) is 20.9 Å². The first-order valence-corrected chi connectivity index (χ1v) is 8.78. The van der Waals surface area contributed by atoms with E-state index in [4.69, 9.17) is 4.74 Å². The molecule has 0 aliphatic carbocycles. The third-order valence-electron chi connectivity index (χ3n) is 4.60. The smallest absolute Gasteiger partial charge is 0.307 e. The predicted octanol–water partition coefficient (Wildman–Crippen LogP) is 2.50. The van der Waals surface area contributed by atoms with E-state index < -0.39 is 0 Å². The summed E-state index contributed by atoms with van der Waals surface area (Å²) in [4.78, 5) is 26.0. The van der Waals surface area contributed by atoms with Crippen molar-refractivity contribution in [3.8, 4) is 0 Å². The van der Waals surface area contributed by atoms with Gasteiger partial charge in [0.25, 0.3) is 0 Å². The number of benzene rings is 1. The molecule has 2 unspecified atom stereocenters. The highest BCUT2D eigenvalue weighted by Crippen LogP contribution is 2.21. The van der Waals surface area contributed by atoms with E-state index in [1.165, 1.54) is 6.42 Å². The summed E-state index contributed by atoms with van der Waals surface area (Å²) in [6, 6.07) is 10.4. The number of hydrogen-bond donors (Lipinski definition) is 1. The second kappa shape index (κ2) is 9.42. The number of nitrogens with zero attached hydrogens (tertiary/aromatic N) is 1. The first-order chi connectivity index (χ1) is 11.6. The molecule has 0 saturated carbocycles. The molecule has 1 saturated heterocycles. The molecule has 1 aliphatic heterocycles. The van der Waals surface area contributed by atoms with Crippen molar-refractivity contribution in [2.24, 2.45) is 0 Å². The Hall–Kier alpha value is -1.88. The highest BCUT2D eigenvalue weighted by atomic mass is 16.5. The number of nitrogens with one attached hydrogen (secondary N) is 1. The fraction of sp³-hybridized carbons (Fsp3) is 0.579. The molecule has 0 bridgehead atoms. The average Bonchev–Trinajstić information content (AvgIpc) is 2.57. The Labute approximate surface area is 144 Å². The number of hydrogen-bond acceptors (Lipinski definition) is 4. The molecule has 24 heavy (non-hydrogen) atoms. The van der Waals surface area contributed by atoms with E-state index in [9.17, 15) is 9.59 Å². The Bertz CT molecular complexity index is 523. The van der Waals surface area contributed by atoms with E-state index in [2.05, 4.69) is 24.1 Å². The van der Waals surface area contributed by atoms with E-state index in [-0.39, 0.29) is 24.9 Å². The maximum Gasteiger partial charge on any atom is 0.307 e.